The highest BCUT2D eigenvalue weighted by atomic mass is 19.4. The van der Waals surface area contributed by atoms with Crippen LogP contribution < -0.4 is 5.32 Å². The summed E-state index contributed by atoms with van der Waals surface area (Å²) in [5.74, 6) is -0.675. The number of hydrogen-bond acceptors (Lipinski definition) is 4. The standard InChI is InChI=1S/C18H23F3N6O2/c1-4-26-16(17(29)25(2)3)12(10-22-26)23-15(28)7-8-27-13(11-5-6-11)9-14(24-27)18(19,20)21/h9-11H,4-8H2,1-3H3,(H,23,28). The first kappa shape index (κ1) is 20.9. The highest BCUT2D eigenvalue weighted by molar-refractivity contribution is 6.02. The number of nitrogens with zero attached hydrogens (tertiary/aromatic N) is 5. The van der Waals surface area contributed by atoms with Crippen LogP contribution in [0.1, 0.15) is 54.0 Å². The van der Waals surface area contributed by atoms with E-state index in [2.05, 4.69) is 15.5 Å². The molecule has 0 saturated heterocycles. The van der Waals surface area contributed by atoms with E-state index in [1.165, 1.54) is 20.5 Å². The van der Waals surface area contributed by atoms with Gasteiger partial charge in [-0.2, -0.15) is 23.4 Å². The van der Waals surface area contributed by atoms with E-state index in [9.17, 15) is 22.8 Å². The van der Waals surface area contributed by atoms with Gasteiger partial charge >= 0.3 is 6.18 Å². The third kappa shape index (κ3) is 4.60. The van der Waals surface area contributed by atoms with Crippen molar-refractivity contribution < 1.29 is 22.8 Å². The fraction of sp³-hybridized carbons (Fsp3) is 0.556. The van der Waals surface area contributed by atoms with Gasteiger partial charge in [-0.05, 0) is 25.8 Å². The highest BCUT2D eigenvalue weighted by Crippen LogP contribution is 2.42. The summed E-state index contributed by atoms with van der Waals surface area (Å²) < 4.78 is 41.7. The van der Waals surface area contributed by atoms with Gasteiger partial charge in [0.15, 0.2) is 5.69 Å². The molecule has 1 fully saturated rings. The van der Waals surface area contributed by atoms with Gasteiger partial charge in [-0.3, -0.25) is 19.0 Å². The first-order valence-corrected chi connectivity index (χ1v) is 9.34. The van der Waals surface area contributed by atoms with Gasteiger partial charge in [-0.25, -0.2) is 0 Å². The normalized spacial score (nSPS) is 14.1. The number of rotatable bonds is 7. The van der Waals surface area contributed by atoms with Crippen molar-refractivity contribution in [2.24, 2.45) is 0 Å². The van der Waals surface area contributed by atoms with Gasteiger partial charge in [0.25, 0.3) is 5.91 Å². The molecule has 0 atom stereocenters. The molecule has 0 radical (unpaired) electrons. The lowest BCUT2D eigenvalue weighted by atomic mass is 10.2. The van der Waals surface area contributed by atoms with Crippen LogP contribution in [0.5, 0.6) is 0 Å². The van der Waals surface area contributed by atoms with Crippen molar-refractivity contribution in [1.82, 2.24) is 24.5 Å². The maximum Gasteiger partial charge on any atom is 0.435 e. The van der Waals surface area contributed by atoms with Gasteiger partial charge in [-0.15, -0.1) is 0 Å². The van der Waals surface area contributed by atoms with Gasteiger partial charge in [0.05, 0.1) is 11.9 Å². The van der Waals surface area contributed by atoms with Crippen LogP contribution >= 0.6 is 0 Å². The Hall–Kier alpha value is -2.85. The molecule has 29 heavy (non-hydrogen) atoms. The average Bonchev–Trinajstić information content (AvgIpc) is 3.26. The van der Waals surface area contributed by atoms with Crippen molar-refractivity contribution >= 4 is 17.5 Å². The minimum Gasteiger partial charge on any atom is -0.343 e. The summed E-state index contributed by atoms with van der Waals surface area (Å²) in [6.45, 7) is 2.29. The molecule has 0 unspecified atom stereocenters. The van der Waals surface area contributed by atoms with Crippen molar-refractivity contribution in [2.75, 3.05) is 19.4 Å². The summed E-state index contributed by atoms with van der Waals surface area (Å²) in [6.07, 6.45) is -1.56. The number of alkyl halides is 3. The molecule has 2 aromatic heterocycles. The number of hydrogen-bond donors (Lipinski definition) is 1. The first-order chi connectivity index (χ1) is 13.6. The molecule has 2 amide bonds. The number of carbonyl (C=O) groups excluding carboxylic acids is 2. The zero-order valence-corrected chi connectivity index (χ0v) is 16.5. The zero-order valence-electron chi connectivity index (χ0n) is 16.5. The molecule has 1 aliphatic carbocycles. The van der Waals surface area contributed by atoms with E-state index in [0.29, 0.717) is 12.2 Å². The molecule has 1 saturated carbocycles. The van der Waals surface area contributed by atoms with Crippen molar-refractivity contribution in [2.45, 2.75) is 51.4 Å². The number of aromatic nitrogens is 4. The van der Waals surface area contributed by atoms with Crippen LogP contribution in [-0.4, -0.2) is 50.4 Å². The van der Waals surface area contributed by atoms with Crippen LogP contribution in [0.25, 0.3) is 0 Å². The van der Waals surface area contributed by atoms with Crippen molar-refractivity contribution in [1.29, 1.82) is 0 Å². The maximum atomic E-state index is 13.0. The zero-order chi connectivity index (χ0) is 21.3. The van der Waals surface area contributed by atoms with Crippen LogP contribution in [0, 0.1) is 0 Å². The molecular formula is C18H23F3N6O2. The van der Waals surface area contributed by atoms with Gasteiger partial charge in [0.1, 0.15) is 5.69 Å². The second-order valence-corrected chi connectivity index (χ2v) is 7.17. The molecule has 0 aliphatic heterocycles. The van der Waals surface area contributed by atoms with E-state index in [4.69, 9.17) is 0 Å². The van der Waals surface area contributed by atoms with Gasteiger partial charge in [0.2, 0.25) is 5.91 Å². The monoisotopic (exact) mass is 412 g/mol. The van der Waals surface area contributed by atoms with E-state index in [1.54, 1.807) is 14.1 Å². The topological polar surface area (TPSA) is 85.0 Å². The molecule has 2 aromatic rings. The second kappa shape index (κ2) is 7.88. The fourth-order valence-corrected chi connectivity index (χ4v) is 3.03. The Morgan fingerprint density at radius 3 is 2.52 bits per heavy atom. The summed E-state index contributed by atoms with van der Waals surface area (Å²) in [5, 5.41) is 10.4. The lowest BCUT2D eigenvalue weighted by Crippen LogP contribution is -2.26. The summed E-state index contributed by atoms with van der Waals surface area (Å²) in [5.41, 5.74) is 0.0904. The SMILES string of the molecule is CCn1ncc(NC(=O)CCn2nc(C(F)(F)F)cc2C2CC2)c1C(=O)N(C)C. The maximum absolute atomic E-state index is 13.0. The van der Waals surface area contributed by atoms with E-state index in [0.717, 1.165) is 18.9 Å². The molecule has 2 heterocycles. The van der Waals surface area contributed by atoms with E-state index >= 15 is 0 Å². The molecule has 0 spiro atoms. The lowest BCUT2D eigenvalue weighted by molar-refractivity contribution is -0.141. The number of anilines is 1. The average molecular weight is 412 g/mol. The minimum absolute atomic E-state index is 0.0205. The third-order valence-corrected chi connectivity index (χ3v) is 4.67. The van der Waals surface area contributed by atoms with Crippen LogP contribution in [0.2, 0.25) is 0 Å². The number of carbonyl (C=O) groups is 2. The fourth-order valence-electron chi connectivity index (χ4n) is 3.03. The smallest absolute Gasteiger partial charge is 0.343 e. The number of amides is 2. The van der Waals surface area contributed by atoms with E-state index in [1.807, 2.05) is 6.92 Å². The predicted octanol–water partition coefficient (Wildman–Crippen LogP) is 2.73. The van der Waals surface area contributed by atoms with Gasteiger partial charge < -0.3 is 10.2 Å². The first-order valence-electron chi connectivity index (χ1n) is 9.34. The number of aryl methyl sites for hydroxylation is 2. The van der Waals surface area contributed by atoms with Crippen molar-refractivity contribution in [3.8, 4) is 0 Å². The van der Waals surface area contributed by atoms with Crippen LogP contribution in [0.4, 0.5) is 18.9 Å². The minimum atomic E-state index is -4.52. The van der Waals surface area contributed by atoms with Gasteiger partial charge in [-0.1, -0.05) is 0 Å². The molecule has 3 rings (SSSR count). The third-order valence-electron chi connectivity index (χ3n) is 4.67. The predicted molar refractivity (Wildman–Crippen MR) is 98.4 cm³/mol. The van der Waals surface area contributed by atoms with Crippen molar-refractivity contribution in [3.63, 3.8) is 0 Å². The molecular weight excluding hydrogens is 389 g/mol. The van der Waals surface area contributed by atoms with Crippen molar-refractivity contribution in [3.05, 3.63) is 29.3 Å². The Bertz CT molecular complexity index is 911. The van der Waals surface area contributed by atoms with Gasteiger partial charge in [0, 0.05) is 45.2 Å². The quantitative estimate of drug-likeness (QED) is 0.758. The Morgan fingerprint density at radius 1 is 1.28 bits per heavy atom. The van der Waals surface area contributed by atoms with E-state index in [-0.39, 0.29) is 36.2 Å². The number of nitrogens with one attached hydrogen (secondary N) is 1. The number of halogens is 3. The van der Waals surface area contributed by atoms with Crippen LogP contribution in [0.15, 0.2) is 12.3 Å². The van der Waals surface area contributed by atoms with Crippen LogP contribution in [-0.2, 0) is 24.1 Å². The van der Waals surface area contributed by atoms with Crippen LogP contribution in [0.3, 0.4) is 0 Å². The summed E-state index contributed by atoms with van der Waals surface area (Å²) in [4.78, 5) is 26.2. The lowest BCUT2D eigenvalue weighted by Gasteiger charge is -2.13. The Balaban J connectivity index is 1.71. The Labute approximate surface area is 165 Å². The largest absolute Gasteiger partial charge is 0.435 e. The molecule has 1 N–H and O–H groups in total. The molecule has 8 nitrogen and oxygen atoms in total. The summed E-state index contributed by atoms with van der Waals surface area (Å²) in [7, 11) is 3.19. The summed E-state index contributed by atoms with van der Waals surface area (Å²) >= 11 is 0. The molecule has 1 aliphatic rings. The Kier molecular flexibility index (Phi) is 5.67. The Morgan fingerprint density at radius 2 is 1.97 bits per heavy atom. The highest BCUT2D eigenvalue weighted by Gasteiger charge is 2.37. The molecule has 0 bridgehead atoms. The van der Waals surface area contributed by atoms with E-state index < -0.39 is 17.8 Å². The molecule has 158 valence electrons. The molecule has 0 aromatic carbocycles. The summed E-state index contributed by atoms with van der Waals surface area (Å²) in [6, 6.07) is 1.06. The second-order valence-electron chi connectivity index (χ2n) is 7.17. The molecule has 11 heteroatoms.